The van der Waals surface area contributed by atoms with Crippen molar-refractivity contribution in [2.45, 2.75) is 39.2 Å². The van der Waals surface area contributed by atoms with E-state index in [1.807, 2.05) is 30.4 Å². The van der Waals surface area contributed by atoms with Crippen molar-refractivity contribution in [3.05, 3.63) is 35.0 Å². The third-order valence-electron chi connectivity index (χ3n) is 4.69. The Bertz CT molecular complexity index is 888. The van der Waals surface area contributed by atoms with E-state index < -0.39 is 0 Å². The lowest BCUT2D eigenvalue weighted by atomic mass is 9.89. The van der Waals surface area contributed by atoms with Crippen molar-refractivity contribution < 1.29 is 0 Å². The first-order valence-corrected chi connectivity index (χ1v) is 9.65. The lowest BCUT2D eigenvalue weighted by Crippen LogP contribution is -2.25. The monoisotopic (exact) mass is 353 g/mol. The van der Waals surface area contributed by atoms with Gasteiger partial charge in [0.25, 0.3) is 0 Å². The normalized spacial score (nSPS) is 18.1. The van der Waals surface area contributed by atoms with Crippen molar-refractivity contribution in [3.8, 4) is 11.4 Å². The molecule has 0 spiro atoms. The molecule has 0 aromatic carbocycles. The van der Waals surface area contributed by atoms with Crippen LogP contribution >= 0.6 is 11.3 Å². The van der Waals surface area contributed by atoms with Gasteiger partial charge in [0.05, 0.1) is 5.39 Å². The molecule has 2 atom stereocenters. The number of aryl methyl sites for hydroxylation is 1. The highest BCUT2D eigenvalue weighted by Crippen LogP contribution is 2.40. The maximum Gasteiger partial charge on any atom is 0.163 e. The highest BCUT2D eigenvalue weighted by molar-refractivity contribution is 7.19. The summed E-state index contributed by atoms with van der Waals surface area (Å²) in [5, 5.41) is 4.66. The number of nitrogens with one attached hydrogen (secondary N) is 1. The second-order valence-corrected chi connectivity index (χ2v) is 8.11. The van der Waals surface area contributed by atoms with Gasteiger partial charge in [0, 0.05) is 35.4 Å². The fourth-order valence-corrected chi connectivity index (χ4v) is 4.74. The lowest BCUT2D eigenvalue weighted by molar-refractivity contribution is 0.509. The van der Waals surface area contributed by atoms with Gasteiger partial charge in [-0.3, -0.25) is 4.98 Å². The molecule has 6 heteroatoms. The van der Waals surface area contributed by atoms with Crippen LogP contribution in [-0.4, -0.2) is 27.5 Å². The Balaban J connectivity index is 1.87. The van der Waals surface area contributed by atoms with Gasteiger partial charge in [-0.2, -0.15) is 0 Å². The molecular formula is C19H23N5S. The van der Waals surface area contributed by atoms with E-state index in [2.05, 4.69) is 17.2 Å². The van der Waals surface area contributed by atoms with Crippen LogP contribution in [0.15, 0.2) is 24.5 Å². The van der Waals surface area contributed by atoms with Crippen LogP contribution in [0.5, 0.6) is 0 Å². The van der Waals surface area contributed by atoms with Crippen LogP contribution in [0.3, 0.4) is 0 Å². The van der Waals surface area contributed by atoms with Crippen molar-refractivity contribution in [2.24, 2.45) is 11.7 Å². The number of hydrogen-bond acceptors (Lipinski definition) is 6. The minimum atomic E-state index is 0.0730. The highest BCUT2D eigenvalue weighted by atomic mass is 32.1. The standard InChI is InChI=1S/C19H23N5S/c1-11-3-4-14-15(9-11)25-19-16(14)18(22-10-12(2)20)23-17(24-19)13-5-7-21-8-6-13/h5-8,11-12H,3-4,9-10,20H2,1-2H3,(H,22,23,24)/t11?,12-/m1/s1. The molecule has 130 valence electrons. The molecule has 1 unspecified atom stereocenters. The number of anilines is 1. The van der Waals surface area contributed by atoms with Gasteiger partial charge in [0.15, 0.2) is 5.82 Å². The molecule has 0 saturated carbocycles. The van der Waals surface area contributed by atoms with E-state index in [1.54, 1.807) is 12.4 Å². The molecule has 0 aliphatic heterocycles. The quantitative estimate of drug-likeness (QED) is 0.749. The SMILES string of the molecule is CC1CCc2c(sc3nc(-c4ccncc4)nc(NC[C@@H](C)N)c23)C1. The van der Waals surface area contributed by atoms with Crippen LogP contribution in [-0.2, 0) is 12.8 Å². The number of pyridine rings is 1. The number of fused-ring (bicyclic) bond motifs is 3. The van der Waals surface area contributed by atoms with Gasteiger partial charge in [0.1, 0.15) is 10.6 Å². The summed E-state index contributed by atoms with van der Waals surface area (Å²) in [7, 11) is 0. The van der Waals surface area contributed by atoms with E-state index in [0.717, 1.165) is 40.8 Å². The fourth-order valence-electron chi connectivity index (χ4n) is 3.36. The Morgan fingerprint density at radius 3 is 2.88 bits per heavy atom. The average Bonchev–Trinajstić information content (AvgIpc) is 2.97. The average molecular weight is 353 g/mol. The fraction of sp³-hybridized carbons (Fsp3) is 0.421. The molecular weight excluding hydrogens is 330 g/mol. The molecule has 1 aliphatic rings. The first-order valence-electron chi connectivity index (χ1n) is 8.84. The van der Waals surface area contributed by atoms with Crippen molar-refractivity contribution in [1.29, 1.82) is 0 Å². The van der Waals surface area contributed by atoms with Gasteiger partial charge in [-0.05, 0) is 49.8 Å². The summed E-state index contributed by atoms with van der Waals surface area (Å²) in [6.07, 6.45) is 7.05. The number of nitrogens with two attached hydrogens (primary N) is 1. The summed E-state index contributed by atoms with van der Waals surface area (Å²) in [6, 6.07) is 3.97. The zero-order valence-corrected chi connectivity index (χ0v) is 15.4. The largest absolute Gasteiger partial charge is 0.368 e. The smallest absolute Gasteiger partial charge is 0.163 e. The molecule has 0 amide bonds. The Labute approximate surface area is 151 Å². The molecule has 1 aliphatic carbocycles. The van der Waals surface area contributed by atoms with Crippen LogP contribution in [0, 0.1) is 5.92 Å². The summed E-state index contributed by atoms with van der Waals surface area (Å²) in [4.78, 5) is 16.4. The Morgan fingerprint density at radius 1 is 1.32 bits per heavy atom. The molecule has 3 aromatic rings. The Hall–Kier alpha value is -2.05. The van der Waals surface area contributed by atoms with Crippen LogP contribution in [0.1, 0.15) is 30.7 Å². The number of thiophene rings is 1. The molecule has 25 heavy (non-hydrogen) atoms. The van der Waals surface area contributed by atoms with E-state index in [1.165, 1.54) is 22.2 Å². The molecule has 3 N–H and O–H groups in total. The predicted octanol–water partition coefficient (Wildman–Crippen LogP) is 3.64. The topological polar surface area (TPSA) is 76.7 Å². The Morgan fingerprint density at radius 2 is 2.12 bits per heavy atom. The van der Waals surface area contributed by atoms with E-state index in [4.69, 9.17) is 15.7 Å². The lowest BCUT2D eigenvalue weighted by Gasteiger charge is -2.18. The van der Waals surface area contributed by atoms with E-state index in [9.17, 15) is 0 Å². The van der Waals surface area contributed by atoms with Gasteiger partial charge in [-0.15, -0.1) is 11.3 Å². The van der Waals surface area contributed by atoms with Crippen molar-refractivity contribution in [2.75, 3.05) is 11.9 Å². The minimum Gasteiger partial charge on any atom is -0.368 e. The maximum absolute atomic E-state index is 5.95. The van der Waals surface area contributed by atoms with Crippen LogP contribution in [0.25, 0.3) is 21.6 Å². The van der Waals surface area contributed by atoms with Gasteiger partial charge in [-0.1, -0.05) is 6.92 Å². The Kier molecular flexibility index (Phi) is 4.39. The maximum atomic E-state index is 5.95. The van der Waals surface area contributed by atoms with E-state index >= 15 is 0 Å². The highest BCUT2D eigenvalue weighted by Gasteiger charge is 2.24. The number of aromatic nitrogens is 3. The van der Waals surface area contributed by atoms with Crippen molar-refractivity contribution in [1.82, 2.24) is 15.0 Å². The van der Waals surface area contributed by atoms with Crippen molar-refractivity contribution in [3.63, 3.8) is 0 Å². The summed E-state index contributed by atoms with van der Waals surface area (Å²) in [5.41, 5.74) is 8.38. The first-order chi connectivity index (χ1) is 12.1. The molecule has 0 saturated heterocycles. The van der Waals surface area contributed by atoms with Crippen LogP contribution in [0.4, 0.5) is 5.82 Å². The van der Waals surface area contributed by atoms with Gasteiger partial charge in [0.2, 0.25) is 0 Å². The second-order valence-electron chi connectivity index (χ2n) is 7.02. The zero-order valence-electron chi connectivity index (χ0n) is 14.6. The molecule has 0 fully saturated rings. The van der Waals surface area contributed by atoms with Crippen molar-refractivity contribution >= 4 is 27.4 Å². The summed E-state index contributed by atoms with van der Waals surface area (Å²) in [5.74, 6) is 2.41. The molecule has 0 bridgehead atoms. The van der Waals surface area contributed by atoms with Gasteiger partial charge in [-0.25, -0.2) is 9.97 Å². The molecule has 4 rings (SSSR count). The molecule has 3 heterocycles. The summed E-state index contributed by atoms with van der Waals surface area (Å²) < 4.78 is 0. The summed E-state index contributed by atoms with van der Waals surface area (Å²) in [6.45, 7) is 5.03. The first kappa shape index (κ1) is 16.4. The molecule has 3 aromatic heterocycles. The van der Waals surface area contributed by atoms with E-state index in [-0.39, 0.29) is 6.04 Å². The van der Waals surface area contributed by atoms with Crippen LogP contribution in [0.2, 0.25) is 0 Å². The number of rotatable bonds is 4. The van der Waals surface area contributed by atoms with Crippen LogP contribution < -0.4 is 11.1 Å². The van der Waals surface area contributed by atoms with E-state index in [0.29, 0.717) is 6.54 Å². The third-order valence-corrected chi connectivity index (χ3v) is 5.83. The number of nitrogens with zero attached hydrogens (tertiary/aromatic N) is 3. The molecule has 0 radical (unpaired) electrons. The van der Waals surface area contributed by atoms with Gasteiger partial charge < -0.3 is 11.1 Å². The predicted molar refractivity (Wildman–Crippen MR) is 104 cm³/mol. The molecule has 5 nitrogen and oxygen atoms in total. The zero-order chi connectivity index (χ0) is 17.4. The summed E-state index contributed by atoms with van der Waals surface area (Å²) >= 11 is 1.82. The second kappa shape index (κ2) is 6.69. The number of hydrogen-bond donors (Lipinski definition) is 2. The third kappa shape index (κ3) is 3.24. The van der Waals surface area contributed by atoms with Gasteiger partial charge >= 0.3 is 0 Å². The minimum absolute atomic E-state index is 0.0730.